The normalized spacial score (nSPS) is 27.7. The van der Waals surface area contributed by atoms with E-state index >= 15 is 0 Å². The Hall–Kier alpha value is -2.44. The van der Waals surface area contributed by atoms with Crippen molar-refractivity contribution in [3.8, 4) is 0 Å². The van der Waals surface area contributed by atoms with E-state index in [2.05, 4.69) is 0 Å². The lowest BCUT2D eigenvalue weighted by molar-refractivity contribution is -0.805. The molecule has 2 aliphatic heterocycles. The number of hydrogen-bond donors (Lipinski definition) is 0. The molecule has 20 heavy (non-hydrogen) atoms. The minimum atomic E-state index is -1.23. The molecule has 2 heterocycles. The minimum absolute atomic E-state index is 0.212. The van der Waals surface area contributed by atoms with Crippen molar-refractivity contribution in [1.29, 1.82) is 0 Å². The molecular weight excluding hydrogens is 260 g/mol. The fraction of sp³-hybridized carbons (Fsp3) is 0.143. The van der Waals surface area contributed by atoms with Crippen LogP contribution in [-0.2, 0) is 9.59 Å². The van der Waals surface area contributed by atoms with Crippen LogP contribution in [0.2, 0.25) is 0 Å². The van der Waals surface area contributed by atoms with Crippen LogP contribution in [0, 0.1) is 10.1 Å². The molecule has 2 unspecified atom stereocenters. The van der Waals surface area contributed by atoms with Crippen molar-refractivity contribution in [3.05, 3.63) is 64.1 Å². The van der Waals surface area contributed by atoms with Gasteiger partial charge in [-0.2, -0.15) is 0 Å². The van der Waals surface area contributed by atoms with E-state index in [1.807, 2.05) is 0 Å². The van der Waals surface area contributed by atoms with Crippen molar-refractivity contribution in [1.82, 2.24) is 0 Å². The first-order chi connectivity index (χ1) is 9.45. The number of rotatable bonds is 1. The zero-order valence-corrected chi connectivity index (χ0v) is 10.6. The topological polar surface area (TPSA) is 77.3 Å². The van der Waals surface area contributed by atoms with Gasteiger partial charge >= 0.3 is 0 Å². The molecule has 0 N–H and O–H groups in total. The highest BCUT2D eigenvalue weighted by Crippen LogP contribution is 2.43. The smallest absolute Gasteiger partial charge is 0.293 e. The molecule has 0 aliphatic carbocycles. The van der Waals surface area contributed by atoms with Crippen molar-refractivity contribution in [3.63, 3.8) is 0 Å². The second kappa shape index (κ2) is 4.03. The van der Waals surface area contributed by atoms with E-state index in [0.29, 0.717) is 10.3 Å². The molecule has 0 amide bonds. The fourth-order valence-electron chi connectivity index (χ4n) is 2.69. The molecular formula is C14H11N2O4+. The Bertz CT molecular complexity index is 720. The molecule has 1 aromatic rings. The number of ketones is 2. The van der Waals surface area contributed by atoms with Gasteiger partial charge in [-0.25, -0.2) is 0 Å². The number of Topliss-reactive ketones (excluding diaryl/α,β-unsaturated/α-hetero) is 1. The molecule has 2 atom stereocenters. The summed E-state index contributed by atoms with van der Waals surface area (Å²) in [6.45, 7) is 1.29. The Kier molecular flexibility index (Phi) is 2.53. The van der Waals surface area contributed by atoms with Gasteiger partial charge in [0, 0.05) is 24.0 Å². The predicted octanol–water partition coefficient (Wildman–Crippen LogP) is 1.99. The van der Waals surface area contributed by atoms with Gasteiger partial charge in [0.05, 0.1) is 10.3 Å². The second-order valence-electron chi connectivity index (χ2n) is 4.80. The average molecular weight is 271 g/mol. The van der Waals surface area contributed by atoms with Crippen LogP contribution in [0.5, 0.6) is 0 Å². The monoisotopic (exact) mass is 271 g/mol. The molecule has 0 fully saturated rings. The van der Waals surface area contributed by atoms with Crippen molar-refractivity contribution < 1.29 is 19.0 Å². The lowest BCUT2D eigenvalue weighted by atomic mass is 10.00. The Morgan fingerprint density at radius 3 is 2.75 bits per heavy atom. The van der Waals surface area contributed by atoms with Crippen LogP contribution in [0.4, 0.5) is 5.69 Å². The Balaban J connectivity index is 2.35. The van der Waals surface area contributed by atoms with Gasteiger partial charge in [-0.15, -0.1) is 0 Å². The van der Waals surface area contributed by atoms with Crippen molar-refractivity contribution in [2.45, 2.75) is 13.0 Å². The lowest BCUT2D eigenvalue weighted by Crippen LogP contribution is -2.41. The van der Waals surface area contributed by atoms with Crippen LogP contribution < -0.4 is 0 Å². The number of quaternary nitrogens is 1. The number of allylic oxidation sites excluding steroid dienone is 1. The first kappa shape index (κ1) is 12.6. The molecule has 6 nitrogen and oxygen atoms in total. The molecule has 0 saturated carbocycles. The zero-order valence-electron chi connectivity index (χ0n) is 10.6. The summed E-state index contributed by atoms with van der Waals surface area (Å²) in [6.07, 6.45) is 3.20. The highest BCUT2D eigenvalue weighted by atomic mass is 16.6. The first-order valence-electron chi connectivity index (χ1n) is 6.06. The van der Waals surface area contributed by atoms with Crippen LogP contribution in [-0.4, -0.2) is 21.0 Å². The van der Waals surface area contributed by atoms with E-state index < -0.39 is 22.3 Å². The van der Waals surface area contributed by atoms with Gasteiger partial charge in [0.2, 0.25) is 0 Å². The summed E-state index contributed by atoms with van der Waals surface area (Å²) >= 11 is 0. The van der Waals surface area contributed by atoms with Crippen LogP contribution in [0.25, 0.3) is 0 Å². The number of fused-ring (bicyclic) bond motifs is 2. The first-order valence-corrected chi connectivity index (χ1v) is 6.06. The van der Waals surface area contributed by atoms with Crippen LogP contribution in [0.15, 0.2) is 48.4 Å². The van der Waals surface area contributed by atoms with Gasteiger partial charge in [0.25, 0.3) is 23.4 Å². The molecule has 0 radical (unpaired) electrons. The van der Waals surface area contributed by atoms with E-state index in [-0.39, 0.29) is 11.4 Å². The molecule has 1 aromatic carbocycles. The van der Waals surface area contributed by atoms with E-state index in [4.69, 9.17) is 0 Å². The SMILES string of the molecule is CC(=O)C1c2ccccc2[N+](=O)C=C2C(=O)C=C[N+]21[O-]. The van der Waals surface area contributed by atoms with Crippen molar-refractivity contribution in [2.24, 2.45) is 0 Å². The van der Waals surface area contributed by atoms with Gasteiger partial charge in [-0.3, -0.25) is 14.2 Å². The third-order valence-corrected chi connectivity index (χ3v) is 3.55. The molecule has 0 bridgehead atoms. The predicted molar refractivity (Wildman–Crippen MR) is 69.0 cm³/mol. The van der Waals surface area contributed by atoms with Gasteiger partial charge in [0.15, 0.2) is 11.8 Å². The number of nitroso groups, excluding NO2 is 1. The van der Waals surface area contributed by atoms with Crippen LogP contribution in [0.3, 0.4) is 0 Å². The van der Waals surface area contributed by atoms with E-state index in [0.717, 1.165) is 18.5 Å². The maximum Gasteiger partial charge on any atom is 0.293 e. The lowest BCUT2D eigenvalue weighted by Gasteiger charge is -2.39. The summed E-state index contributed by atoms with van der Waals surface area (Å²) in [5, 5.41) is 13.0. The number of hydrogen-bond acceptors (Lipinski definition) is 4. The summed E-state index contributed by atoms with van der Waals surface area (Å²) in [5.74, 6) is -0.937. The van der Waals surface area contributed by atoms with E-state index in [1.165, 1.54) is 13.0 Å². The van der Waals surface area contributed by atoms with Crippen molar-refractivity contribution >= 4 is 17.3 Å². The Morgan fingerprint density at radius 1 is 1.35 bits per heavy atom. The van der Waals surface area contributed by atoms with Gasteiger partial charge in [-0.05, 0) is 6.07 Å². The summed E-state index contributed by atoms with van der Waals surface area (Å²) < 4.78 is -0.757. The number of benzene rings is 1. The zero-order chi connectivity index (χ0) is 14.5. The molecule has 3 rings (SSSR count). The summed E-state index contributed by atoms with van der Waals surface area (Å²) in [5.41, 5.74) is 0.302. The van der Waals surface area contributed by atoms with Crippen LogP contribution >= 0.6 is 0 Å². The summed E-state index contributed by atoms with van der Waals surface area (Å²) in [7, 11) is 0. The van der Waals surface area contributed by atoms with Crippen LogP contribution in [0.1, 0.15) is 18.5 Å². The Morgan fingerprint density at radius 2 is 2.05 bits per heavy atom. The third-order valence-electron chi connectivity index (χ3n) is 3.55. The number of nitrogens with zero attached hydrogens (tertiary/aromatic N) is 2. The summed E-state index contributed by atoms with van der Waals surface area (Å²) in [6, 6.07) is 5.25. The largest absolute Gasteiger partial charge is 0.621 e. The van der Waals surface area contributed by atoms with E-state index in [1.54, 1.807) is 18.2 Å². The molecule has 0 aromatic heterocycles. The number of hydroxylamine groups is 3. The maximum atomic E-state index is 13.0. The number of carbonyl (C=O) groups is 2. The average Bonchev–Trinajstić information content (AvgIpc) is 2.63. The molecule has 100 valence electrons. The fourth-order valence-corrected chi connectivity index (χ4v) is 2.69. The van der Waals surface area contributed by atoms with Gasteiger partial charge in [-0.1, -0.05) is 12.1 Å². The number of carbonyl (C=O) groups excluding carboxylic acids is 2. The van der Waals surface area contributed by atoms with Crippen molar-refractivity contribution in [2.75, 3.05) is 0 Å². The number of para-hydroxylation sites is 1. The van der Waals surface area contributed by atoms with Gasteiger partial charge < -0.3 is 5.21 Å². The van der Waals surface area contributed by atoms with Gasteiger partial charge in [0.1, 0.15) is 6.20 Å². The van der Waals surface area contributed by atoms with E-state index in [9.17, 15) is 19.7 Å². The standard InChI is InChI=1S/C14H11N2O4/c1-9(17)14-10-4-2-3-5-11(10)15(19)8-12-13(18)6-7-16(12,14)20/h2-8,14H,1H3/q+1. The maximum absolute atomic E-state index is 13.0. The highest BCUT2D eigenvalue weighted by molar-refractivity contribution is 6.04. The minimum Gasteiger partial charge on any atom is -0.621 e. The quantitative estimate of drug-likeness (QED) is 0.444. The Labute approximate surface area is 114 Å². The third kappa shape index (κ3) is 1.52. The highest BCUT2D eigenvalue weighted by Gasteiger charge is 2.49. The molecule has 0 saturated heterocycles. The molecule has 0 spiro atoms. The molecule has 2 aliphatic rings. The molecule has 6 heteroatoms. The second-order valence-corrected chi connectivity index (χ2v) is 4.80. The summed E-state index contributed by atoms with van der Waals surface area (Å²) in [4.78, 5) is 35.9.